The van der Waals surface area contributed by atoms with Gasteiger partial charge in [-0.1, -0.05) is 47.7 Å². The quantitative estimate of drug-likeness (QED) is 0.186. The fourth-order valence-corrected chi connectivity index (χ4v) is 6.23. The normalized spacial score (nSPS) is 15.6. The smallest absolute Gasteiger partial charge is 0.338 e. The molecule has 0 saturated heterocycles. The molecule has 0 N–H and O–H groups in total. The first-order chi connectivity index (χ1) is 18.3. The van der Waals surface area contributed by atoms with E-state index in [9.17, 15) is 9.59 Å². The Balaban J connectivity index is 1.72. The van der Waals surface area contributed by atoms with Crippen LogP contribution in [0, 0.1) is 0 Å². The molecule has 0 saturated carbocycles. The average Bonchev–Trinajstić information content (AvgIpc) is 3.40. The predicted octanol–water partition coefficient (Wildman–Crippen LogP) is 5.05. The lowest BCUT2D eigenvalue weighted by atomic mass is 9.96. The number of carbonyl (C=O) groups is 1. The molecule has 8 heteroatoms. The van der Waals surface area contributed by atoms with Gasteiger partial charge in [0.15, 0.2) is 4.80 Å². The molecule has 0 fully saturated rings. The maximum atomic E-state index is 14.0. The number of thiazole rings is 1. The highest BCUT2D eigenvalue weighted by atomic mass is 32.2. The zero-order chi connectivity index (χ0) is 27.0. The van der Waals surface area contributed by atoms with Gasteiger partial charge in [-0.25, -0.2) is 9.79 Å². The Morgan fingerprint density at radius 3 is 2.63 bits per heavy atom. The van der Waals surface area contributed by atoms with Gasteiger partial charge in [0.2, 0.25) is 0 Å². The first kappa shape index (κ1) is 26.0. The van der Waals surface area contributed by atoms with Gasteiger partial charge < -0.3 is 9.30 Å². The Kier molecular flexibility index (Phi) is 7.27. The van der Waals surface area contributed by atoms with E-state index in [0.29, 0.717) is 27.1 Å². The van der Waals surface area contributed by atoms with E-state index in [1.165, 1.54) is 11.3 Å². The van der Waals surface area contributed by atoms with Gasteiger partial charge in [0.25, 0.3) is 5.56 Å². The Morgan fingerprint density at radius 2 is 1.95 bits per heavy atom. The second kappa shape index (κ2) is 10.6. The average molecular weight is 544 g/mol. The molecule has 0 unspecified atom stereocenters. The van der Waals surface area contributed by atoms with Gasteiger partial charge >= 0.3 is 5.97 Å². The maximum Gasteiger partial charge on any atom is 0.338 e. The summed E-state index contributed by atoms with van der Waals surface area (Å²) < 4.78 is 9.91. The molecular formula is C30H29N3O3S2. The second-order valence-corrected chi connectivity index (χ2v) is 11.2. The van der Waals surface area contributed by atoms with Crippen LogP contribution in [0.1, 0.15) is 37.9 Å². The molecule has 1 atom stereocenters. The van der Waals surface area contributed by atoms with Crippen molar-refractivity contribution in [3.05, 3.63) is 109 Å². The highest BCUT2D eigenvalue weighted by Gasteiger charge is 2.33. The van der Waals surface area contributed by atoms with Crippen molar-refractivity contribution in [2.75, 3.05) is 6.26 Å². The van der Waals surface area contributed by atoms with Crippen molar-refractivity contribution in [1.29, 1.82) is 0 Å². The Labute approximate surface area is 229 Å². The topological polar surface area (TPSA) is 65.6 Å². The first-order valence-electron chi connectivity index (χ1n) is 12.4. The second-order valence-electron chi connectivity index (χ2n) is 9.35. The van der Waals surface area contributed by atoms with E-state index in [0.717, 1.165) is 26.9 Å². The molecule has 0 spiro atoms. The fourth-order valence-electron chi connectivity index (χ4n) is 4.78. The molecule has 0 aliphatic carbocycles. The van der Waals surface area contributed by atoms with Gasteiger partial charge in [-0.15, -0.1) is 18.3 Å². The van der Waals surface area contributed by atoms with Crippen molar-refractivity contribution < 1.29 is 9.53 Å². The third-order valence-corrected chi connectivity index (χ3v) is 8.17. The lowest BCUT2D eigenvalue weighted by Crippen LogP contribution is -2.40. The molecular weight excluding hydrogens is 514 g/mol. The SMILES string of the molecule is C=CCn1cc(/C=c2\sc3n(c2=O)[C@@H](c2ccc(SC)cc2)C(C(=O)OC(C)C)=C(C)N=3)c2ccccc21. The molecule has 4 aromatic rings. The maximum absolute atomic E-state index is 14.0. The minimum absolute atomic E-state index is 0.185. The number of carbonyl (C=O) groups excluding carboxylic acids is 1. The van der Waals surface area contributed by atoms with E-state index in [4.69, 9.17) is 9.73 Å². The molecule has 5 rings (SSSR count). The van der Waals surface area contributed by atoms with Crippen molar-refractivity contribution in [3.63, 3.8) is 0 Å². The number of thioether (sulfide) groups is 1. The van der Waals surface area contributed by atoms with Crippen molar-refractivity contribution in [2.45, 2.75) is 44.4 Å². The number of para-hydroxylation sites is 1. The lowest BCUT2D eigenvalue weighted by molar-refractivity contribution is -0.143. The number of hydrogen-bond donors (Lipinski definition) is 0. The highest BCUT2D eigenvalue weighted by molar-refractivity contribution is 7.98. The summed E-state index contributed by atoms with van der Waals surface area (Å²) >= 11 is 2.97. The van der Waals surface area contributed by atoms with E-state index < -0.39 is 12.0 Å². The molecule has 0 radical (unpaired) electrons. The minimum atomic E-state index is -0.627. The molecule has 2 aromatic heterocycles. The van der Waals surface area contributed by atoms with Crippen LogP contribution < -0.4 is 14.9 Å². The molecule has 2 aromatic carbocycles. The van der Waals surface area contributed by atoms with Crippen molar-refractivity contribution in [3.8, 4) is 0 Å². The number of benzene rings is 2. The molecule has 0 amide bonds. The molecule has 0 bridgehead atoms. The van der Waals surface area contributed by atoms with Gasteiger partial charge in [-0.3, -0.25) is 9.36 Å². The van der Waals surface area contributed by atoms with E-state index in [-0.39, 0.29) is 11.7 Å². The molecule has 194 valence electrons. The van der Waals surface area contributed by atoms with Crippen LogP contribution in [-0.2, 0) is 16.1 Å². The largest absolute Gasteiger partial charge is 0.459 e. The van der Waals surface area contributed by atoms with Crippen LogP contribution in [0.25, 0.3) is 17.0 Å². The van der Waals surface area contributed by atoms with Crippen molar-refractivity contribution >= 4 is 46.0 Å². The van der Waals surface area contributed by atoms with Crippen LogP contribution in [0.5, 0.6) is 0 Å². The molecule has 3 heterocycles. The highest BCUT2D eigenvalue weighted by Crippen LogP contribution is 2.32. The Bertz CT molecular complexity index is 1750. The third kappa shape index (κ3) is 4.70. The van der Waals surface area contributed by atoms with Crippen LogP contribution in [0.4, 0.5) is 0 Å². The number of rotatable bonds is 7. The van der Waals surface area contributed by atoms with Crippen LogP contribution >= 0.6 is 23.1 Å². The minimum Gasteiger partial charge on any atom is -0.459 e. The fraction of sp³-hybridized carbons (Fsp3) is 0.233. The van der Waals surface area contributed by atoms with E-state index >= 15 is 0 Å². The zero-order valence-electron chi connectivity index (χ0n) is 21.8. The van der Waals surface area contributed by atoms with Crippen molar-refractivity contribution in [1.82, 2.24) is 9.13 Å². The third-order valence-electron chi connectivity index (χ3n) is 6.45. The Hall–Kier alpha value is -3.62. The summed E-state index contributed by atoms with van der Waals surface area (Å²) in [4.78, 5) is 33.6. The molecule has 38 heavy (non-hydrogen) atoms. The molecule has 6 nitrogen and oxygen atoms in total. The molecule has 1 aliphatic heterocycles. The number of allylic oxidation sites excluding steroid dienone is 2. The van der Waals surface area contributed by atoms with Crippen LogP contribution in [-0.4, -0.2) is 27.5 Å². The number of hydrogen-bond acceptors (Lipinski definition) is 6. The number of aromatic nitrogens is 2. The van der Waals surface area contributed by atoms with Gasteiger partial charge in [0.1, 0.15) is 0 Å². The van der Waals surface area contributed by atoms with E-state index in [1.54, 1.807) is 23.3 Å². The molecule has 1 aliphatic rings. The summed E-state index contributed by atoms with van der Waals surface area (Å²) in [5, 5.41) is 1.06. The lowest BCUT2D eigenvalue weighted by Gasteiger charge is -2.25. The summed E-state index contributed by atoms with van der Waals surface area (Å²) in [6, 6.07) is 15.4. The monoisotopic (exact) mass is 543 g/mol. The number of ether oxygens (including phenoxy) is 1. The number of esters is 1. The summed E-state index contributed by atoms with van der Waals surface area (Å²) in [5.74, 6) is -0.457. The number of fused-ring (bicyclic) bond motifs is 2. The summed E-state index contributed by atoms with van der Waals surface area (Å²) in [5.41, 5.74) is 3.62. The predicted molar refractivity (Wildman–Crippen MR) is 155 cm³/mol. The number of nitrogens with zero attached hydrogens (tertiary/aromatic N) is 3. The van der Waals surface area contributed by atoms with Gasteiger partial charge in [0, 0.05) is 34.1 Å². The standard InChI is InChI=1S/C30H29N3O3S2/c1-6-15-32-17-21(23-9-7-8-10-24(23)32)16-25-28(34)33-27(20-11-13-22(37-5)14-12-20)26(29(35)36-18(2)3)19(4)31-30(33)38-25/h6-14,16-18,27H,1,15H2,2-5H3/b25-16-/t27-/m0/s1. The summed E-state index contributed by atoms with van der Waals surface area (Å²) in [7, 11) is 0. The van der Waals surface area contributed by atoms with Crippen LogP contribution in [0.15, 0.2) is 93.3 Å². The van der Waals surface area contributed by atoms with E-state index in [2.05, 4.69) is 23.3 Å². The Morgan fingerprint density at radius 1 is 1.21 bits per heavy atom. The van der Waals surface area contributed by atoms with Crippen molar-refractivity contribution in [2.24, 2.45) is 4.99 Å². The first-order valence-corrected chi connectivity index (χ1v) is 14.4. The van der Waals surface area contributed by atoms with E-state index in [1.807, 2.05) is 74.9 Å². The van der Waals surface area contributed by atoms with Gasteiger partial charge in [0.05, 0.1) is 27.9 Å². The van der Waals surface area contributed by atoms with Gasteiger partial charge in [-0.2, -0.15) is 0 Å². The van der Waals surface area contributed by atoms with Crippen LogP contribution in [0.2, 0.25) is 0 Å². The summed E-state index contributed by atoms with van der Waals surface area (Å²) in [6.45, 7) is 9.97. The zero-order valence-corrected chi connectivity index (χ0v) is 23.4. The summed E-state index contributed by atoms with van der Waals surface area (Å²) in [6.07, 6.45) is 7.54. The van der Waals surface area contributed by atoms with Crippen LogP contribution in [0.3, 0.4) is 0 Å². The van der Waals surface area contributed by atoms with Gasteiger partial charge in [-0.05, 0) is 56.9 Å².